The van der Waals surface area contributed by atoms with Crippen molar-refractivity contribution < 1.29 is 14.4 Å². The molecule has 4 rings (SSSR count). The van der Waals surface area contributed by atoms with Gasteiger partial charge >= 0.3 is 0 Å². The van der Waals surface area contributed by atoms with Crippen molar-refractivity contribution in [2.24, 2.45) is 5.73 Å². The fourth-order valence-corrected chi connectivity index (χ4v) is 3.94. The molecule has 0 aromatic heterocycles. The maximum atomic E-state index is 13.1. The molecule has 29 heavy (non-hydrogen) atoms. The van der Waals surface area contributed by atoms with Crippen LogP contribution in [0.25, 0.3) is 0 Å². The largest absolute Gasteiger partial charge is 0.381 e. The van der Waals surface area contributed by atoms with E-state index in [1.165, 1.54) is 0 Å². The standard InChI is InChI=1S/C22H24N4O3/c1-13(23)14-5-7-17(8-6-14)24-11-15-3-2-4-16-12-26(22(29)20(15)16)18-9-10-19(27)25-21(18)28/h2-8,13,18,24H,9-12,23H2,1H3,(H,25,27,28)/t13-,18?/m0/s1. The summed E-state index contributed by atoms with van der Waals surface area (Å²) < 4.78 is 0. The van der Waals surface area contributed by atoms with Crippen LogP contribution >= 0.6 is 0 Å². The molecular weight excluding hydrogens is 368 g/mol. The van der Waals surface area contributed by atoms with Crippen molar-refractivity contribution >= 4 is 23.4 Å². The van der Waals surface area contributed by atoms with Gasteiger partial charge in [-0.25, -0.2) is 0 Å². The number of hydrogen-bond donors (Lipinski definition) is 3. The van der Waals surface area contributed by atoms with Crippen LogP contribution in [0.4, 0.5) is 5.69 Å². The average molecular weight is 392 g/mol. The Balaban J connectivity index is 1.50. The fraction of sp³-hybridized carbons (Fsp3) is 0.318. The monoisotopic (exact) mass is 392 g/mol. The van der Waals surface area contributed by atoms with E-state index >= 15 is 0 Å². The van der Waals surface area contributed by atoms with E-state index in [1.54, 1.807) is 4.90 Å². The van der Waals surface area contributed by atoms with Crippen molar-refractivity contribution in [3.63, 3.8) is 0 Å². The number of anilines is 1. The highest BCUT2D eigenvalue weighted by atomic mass is 16.2. The first-order chi connectivity index (χ1) is 13.9. The summed E-state index contributed by atoms with van der Waals surface area (Å²) in [5, 5.41) is 5.69. The molecule has 4 N–H and O–H groups in total. The van der Waals surface area contributed by atoms with E-state index in [2.05, 4.69) is 10.6 Å². The lowest BCUT2D eigenvalue weighted by Crippen LogP contribution is -2.52. The lowest BCUT2D eigenvalue weighted by atomic mass is 10.0. The van der Waals surface area contributed by atoms with E-state index < -0.39 is 11.9 Å². The van der Waals surface area contributed by atoms with Gasteiger partial charge in [-0.15, -0.1) is 0 Å². The summed E-state index contributed by atoms with van der Waals surface area (Å²) >= 11 is 0. The second-order valence-electron chi connectivity index (χ2n) is 7.62. The van der Waals surface area contributed by atoms with Crippen molar-refractivity contribution in [2.75, 3.05) is 5.32 Å². The number of hydrogen-bond acceptors (Lipinski definition) is 5. The lowest BCUT2D eigenvalue weighted by molar-refractivity contribution is -0.136. The third-order valence-corrected chi connectivity index (χ3v) is 5.56. The SMILES string of the molecule is C[C@H](N)c1ccc(NCc2cccc3c2C(=O)N(C2CCC(=O)NC2=O)C3)cc1. The Morgan fingerprint density at radius 3 is 2.62 bits per heavy atom. The number of nitrogens with zero attached hydrogens (tertiary/aromatic N) is 1. The first-order valence-electron chi connectivity index (χ1n) is 9.79. The molecule has 7 heteroatoms. The van der Waals surface area contributed by atoms with Crippen LogP contribution in [0, 0.1) is 0 Å². The molecule has 1 saturated heterocycles. The zero-order chi connectivity index (χ0) is 20.5. The molecule has 2 aromatic carbocycles. The number of imide groups is 1. The summed E-state index contributed by atoms with van der Waals surface area (Å²) in [6.07, 6.45) is 0.617. The average Bonchev–Trinajstić information content (AvgIpc) is 3.04. The van der Waals surface area contributed by atoms with Crippen molar-refractivity contribution in [1.29, 1.82) is 0 Å². The van der Waals surface area contributed by atoms with Gasteiger partial charge in [-0.2, -0.15) is 0 Å². The maximum absolute atomic E-state index is 13.1. The number of carbonyl (C=O) groups excluding carboxylic acids is 3. The van der Waals surface area contributed by atoms with Gasteiger partial charge < -0.3 is 16.0 Å². The Kier molecular flexibility index (Phi) is 5.07. The summed E-state index contributed by atoms with van der Waals surface area (Å²) in [4.78, 5) is 38.3. The van der Waals surface area contributed by atoms with Crippen LogP contribution in [0.15, 0.2) is 42.5 Å². The normalized spacial score (nSPS) is 19.7. The van der Waals surface area contributed by atoms with Gasteiger partial charge in [-0.3, -0.25) is 19.7 Å². The Bertz CT molecular complexity index is 969. The minimum absolute atomic E-state index is 0.0164. The molecule has 7 nitrogen and oxygen atoms in total. The van der Waals surface area contributed by atoms with Gasteiger partial charge in [-0.1, -0.05) is 30.3 Å². The number of benzene rings is 2. The Hall–Kier alpha value is -3.19. The number of fused-ring (bicyclic) bond motifs is 1. The van der Waals surface area contributed by atoms with E-state index in [0.717, 1.165) is 22.4 Å². The molecule has 0 radical (unpaired) electrons. The summed E-state index contributed by atoms with van der Waals surface area (Å²) in [6, 6.07) is 13.1. The molecule has 3 amide bonds. The molecule has 0 saturated carbocycles. The third-order valence-electron chi connectivity index (χ3n) is 5.56. The highest BCUT2D eigenvalue weighted by Gasteiger charge is 2.39. The van der Waals surface area contributed by atoms with Gasteiger partial charge in [0.15, 0.2) is 0 Å². The fourth-order valence-electron chi connectivity index (χ4n) is 3.94. The number of nitrogens with two attached hydrogens (primary N) is 1. The van der Waals surface area contributed by atoms with Crippen molar-refractivity contribution in [3.8, 4) is 0 Å². The second-order valence-corrected chi connectivity index (χ2v) is 7.62. The maximum Gasteiger partial charge on any atom is 0.255 e. The van der Waals surface area contributed by atoms with E-state index in [4.69, 9.17) is 5.73 Å². The minimum atomic E-state index is -0.598. The minimum Gasteiger partial charge on any atom is -0.381 e. The molecular formula is C22H24N4O3. The molecule has 2 aromatic rings. The van der Waals surface area contributed by atoms with E-state index in [9.17, 15) is 14.4 Å². The highest BCUT2D eigenvalue weighted by Crippen LogP contribution is 2.30. The number of carbonyl (C=O) groups is 3. The lowest BCUT2D eigenvalue weighted by Gasteiger charge is -2.29. The summed E-state index contributed by atoms with van der Waals surface area (Å²) in [5.41, 5.74) is 10.3. The van der Waals surface area contributed by atoms with Crippen LogP contribution in [-0.2, 0) is 22.7 Å². The van der Waals surface area contributed by atoms with Gasteiger partial charge in [0, 0.05) is 36.8 Å². The smallest absolute Gasteiger partial charge is 0.255 e. The second kappa shape index (κ2) is 7.67. The zero-order valence-corrected chi connectivity index (χ0v) is 16.3. The van der Waals surface area contributed by atoms with Crippen molar-refractivity contribution in [3.05, 3.63) is 64.7 Å². The predicted octanol–water partition coefficient (Wildman–Crippen LogP) is 2.08. The zero-order valence-electron chi connectivity index (χ0n) is 16.3. The molecule has 0 bridgehead atoms. The van der Waals surface area contributed by atoms with Crippen LogP contribution in [-0.4, -0.2) is 28.7 Å². The van der Waals surface area contributed by atoms with Crippen LogP contribution in [0.3, 0.4) is 0 Å². The van der Waals surface area contributed by atoms with Gasteiger partial charge in [0.1, 0.15) is 6.04 Å². The van der Waals surface area contributed by atoms with Gasteiger partial charge in [0.05, 0.1) is 0 Å². The molecule has 2 aliphatic rings. The summed E-state index contributed by atoms with van der Waals surface area (Å²) in [7, 11) is 0. The molecule has 150 valence electrons. The summed E-state index contributed by atoms with van der Waals surface area (Å²) in [5.74, 6) is -0.828. The quantitative estimate of drug-likeness (QED) is 0.676. The topological polar surface area (TPSA) is 105 Å². The Morgan fingerprint density at radius 2 is 1.93 bits per heavy atom. The molecule has 0 aliphatic carbocycles. The van der Waals surface area contributed by atoms with E-state index in [1.807, 2.05) is 49.4 Å². The first-order valence-corrected chi connectivity index (χ1v) is 9.79. The highest BCUT2D eigenvalue weighted by molar-refractivity contribution is 6.06. The van der Waals surface area contributed by atoms with Gasteiger partial charge in [0.25, 0.3) is 5.91 Å². The number of rotatable bonds is 5. The van der Waals surface area contributed by atoms with Crippen LogP contribution in [0.2, 0.25) is 0 Å². The number of amides is 3. The predicted molar refractivity (Wildman–Crippen MR) is 109 cm³/mol. The first kappa shape index (κ1) is 19.1. The van der Waals surface area contributed by atoms with Crippen LogP contribution in [0.1, 0.15) is 52.9 Å². The molecule has 1 unspecified atom stereocenters. The van der Waals surface area contributed by atoms with E-state index in [-0.39, 0.29) is 24.3 Å². The third kappa shape index (κ3) is 3.73. The summed E-state index contributed by atoms with van der Waals surface area (Å²) in [6.45, 7) is 2.82. The van der Waals surface area contributed by atoms with Crippen LogP contribution in [0.5, 0.6) is 0 Å². The van der Waals surface area contributed by atoms with Crippen molar-refractivity contribution in [2.45, 2.75) is 44.9 Å². The van der Waals surface area contributed by atoms with Gasteiger partial charge in [-0.05, 0) is 42.2 Å². The Labute approximate surface area is 169 Å². The van der Waals surface area contributed by atoms with Crippen LogP contribution < -0.4 is 16.4 Å². The number of piperidine rings is 1. The van der Waals surface area contributed by atoms with Crippen molar-refractivity contribution in [1.82, 2.24) is 10.2 Å². The Morgan fingerprint density at radius 1 is 1.17 bits per heavy atom. The molecule has 0 spiro atoms. The number of nitrogens with one attached hydrogen (secondary N) is 2. The molecule has 2 heterocycles. The van der Waals surface area contributed by atoms with E-state index in [0.29, 0.717) is 25.1 Å². The van der Waals surface area contributed by atoms with Gasteiger partial charge in [0.2, 0.25) is 11.8 Å². The molecule has 2 atom stereocenters. The molecule has 2 aliphatic heterocycles. The molecule has 1 fully saturated rings.